The molecule has 1 spiro atoms. The number of methoxy groups -OCH3 is 1. The van der Waals surface area contributed by atoms with Crippen LogP contribution < -0.4 is 10.1 Å². The van der Waals surface area contributed by atoms with Crippen LogP contribution in [0.5, 0.6) is 5.75 Å². The molecule has 2 N–H and O–H groups in total. The summed E-state index contributed by atoms with van der Waals surface area (Å²) in [6, 6.07) is 1.32. The highest BCUT2D eigenvalue weighted by Crippen LogP contribution is 2.66. The van der Waals surface area contributed by atoms with E-state index in [0.29, 0.717) is 23.3 Å². The first-order valence-corrected chi connectivity index (χ1v) is 11.5. The number of aliphatic hydroxyl groups is 1. The quantitative estimate of drug-likeness (QED) is 0.515. The Balaban J connectivity index is 1.81. The first kappa shape index (κ1) is 22.3. The predicted octanol–water partition coefficient (Wildman–Crippen LogP) is 3.07. The number of fused-ring (bicyclic) bond motifs is 3. The van der Waals surface area contributed by atoms with Crippen LogP contribution in [-0.4, -0.2) is 40.5 Å². The van der Waals surface area contributed by atoms with Crippen LogP contribution in [0.15, 0.2) is 6.07 Å². The molecule has 0 unspecified atom stereocenters. The second kappa shape index (κ2) is 6.76. The van der Waals surface area contributed by atoms with Crippen LogP contribution in [0.4, 0.5) is 5.69 Å². The highest BCUT2D eigenvalue weighted by molar-refractivity contribution is 6.01. The predicted molar refractivity (Wildman–Crippen MR) is 117 cm³/mol. The minimum absolute atomic E-state index is 0.122. The summed E-state index contributed by atoms with van der Waals surface area (Å²) in [4.78, 5) is 37.2. The number of hydrogen-bond acceptors (Lipinski definition) is 7. The first-order chi connectivity index (χ1) is 15.4. The molecular weight excluding hydrogens is 428 g/mol. The minimum Gasteiger partial charge on any atom is -0.485 e. The topological polar surface area (TPSA) is 128 Å². The van der Waals surface area contributed by atoms with Crippen molar-refractivity contribution in [1.29, 1.82) is 0 Å². The number of carbonyl (C=O) groups is 2. The third-order valence-corrected chi connectivity index (χ3v) is 9.24. The summed E-state index contributed by atoms with van der Waals surface area (Å²) in [6.45, 7) is 7.91. The Morgan fingerprint density at radius 1 is 1.27 bits per heavy atom. The van der Waals surface area contributed by atoms with E-state index in [1.807, 2.05) is 13.8 Å². The Labute approximate surface area is 192 Å². The highest BCUT2D eigenvalue weighted by atomic mass is 16.6. The van der Waals surface area contributed by atoms with E-state index in [9.17, 15) is 24.8 Å². The van der Waals surface area contributed by atoms with Crippen LogP contribution in [0.3, 0.4) is 0 Å². The van der Waals surface area contributed by atoms with Crippen LogP contribution in [0.1, 0.15) is 74.7 Å². The molecule has 2 heterocycles. The van der Waals surface area contributed by atoms with E-state index in [2.05, 4.69) is 19.2 Å². The molecule has 0 saturated heterocycles. The molecule has 6 atom stereocenters. The zero-order valence-corrected chi connectivity index (χ0v) is 19.6. The van der Waals surface area contributed by atoms with Crippen LogP contribution in [-0.2, 0) is 16.0 Å². The van der Waals surface area contributed by atoms with Gasteiger partial charge in [0.05, 0.1) is 21.6 Å². The zero-order valence-electron chi connectivity index (χ0n) is 19.6. The number of aliphatic hydroxyl groups excluding tert-OH is 1. The number of nitrogens with zero attached hydrogens (tertiary/aromatic N) is 1. The lowest BCUT2D eigenvalue weighted by Crippen LogP contribution is -2.72. The largest absolute Gasteiger partial charge is 0.485 e. The maximum atomic E-state index is 13.0. The third kappa shape index (κ3) is 2.60. The number of ketones is 1. The van der Waals surface area contributed by atoms with Gasteiger partial charge in [0.2, 0.25) is 0 Å². The van der Waals surface area contributed by atoms with Gasteiger partial charge in [-0.1, -0.05) is 27.7 Å². The molecule has 1 aromatic carbocycles. The van der Waals surface area contributed by atoms with Gasteiger partial charge >= 0.3 is 0 Å². The Kier molecular flexibility index (Phi) is 4.56. The van der Waals surface area contributed by atoms with Gasteiger partial charge in [0.25, 0.3) is 11.6 Å². The van der Waals surface area contributed by atoms with E-state index < -0.39 is 39.6 Å². The van der Waals surface area contributed by atoms with Gasteiger partial charge in [-0.25, -0.2) is 0 Å². The normalized spacial score (nSPS) is 38.4. The van der Waals surface area contributed by atoms with Crippen molar-refractivity contribution < 1.29 is 29.1 Å². The summed E-state index contributed by atoms with van der Waals surface area (Å²) in [6.07, 6.45) is 0.104. The lowest BCUT2D eigenvalue weighted by Gasteiger charge is -2.66. The summed E-state index contributed by atoms with van der Waals surface area (Å²) >= 11 is 0. The Morgan fingerprint density at radius 2 is 1.97 bits per heavy atom. The summed E-state index contributed by atoms with van der Waals surface area (Å²) < 4.78 is 12.4. The maximum Gasteiger partial charge on any atom is 0.277 e. The lowest BCUT2D eigenvalue weighted by atomic mass is 9.43. The molecule has 1 amide bonds. The number of ether oxygens (including phenoxy) is 2. The molecular formula is C24H30N2O7. The standard InChI is InChI=1S/C24H30N2O7/c1-11-6-7-16-22(2,3)19(28)15(27)10-24(16)23(11,4)9-13-14(26(30)31)8-12-17(18(13)33-24)21(32-5)25-20(12)29/h8,11,15-16,21,27H,6-7,9-10H2,1-5H3,(H,25,29)/t11-,15+,16-,21+,23+,24-/m0/s1. The molecule has 0 bridgehead atoms. The van der Waals surface area contributed by atoms with Crippen molar-refractivity contribution in [3.8, 4) is 5.75 Å². The number of rotatable bonds is 2. The number of nitro groups is 1. The number of nitrogens with one attached hydrogen (secondary N) is 1. The molecule has 0 radical (unpaired) electrons. The van der Waals surface area contributed by atoms with Crippen molar-refractivity contribution in [2.24, 2.45) is 22.7 Å². The fourth-order valence-corrected chi connectivity index (χ4v) is 7.23. The summed E-state index contributed by atoms with van der Waals surface area (Å²) in [5, 5.41) is 25.7. The summed E-state index contributed by atoms with van der Waals surface area (Å²) in [5.74, 6) is -0.399. The molecule has 2 fully saturated rings. The van der Waals surface area contributed by atoms with Gasteiger partial charge in [-0.2, -0.15) is 0 Å². The van der Waals surface area contributed by atoms with Gasteiger partial charge in [-0.3, -0.25) is 19.7 Å². The fourth-order valence-electron chi connectivity index (χ4n) is 7.23. The van der Waals surface area contributed by atoms with Crippen molar-refractivity contribution in [2.45, 2.75) is 71.3 Å². The zero-order chi connectivity index (χ0) is 24.1. The van der Waals surface area contributed by atoms with E-state index in [1.165, 1.54) is 13.2 Å². The smallest absolute Gasteiger partial charge is 0.277 e. The lowest BCUT2D eigenvalue weighted by molar-refractivity contribution is -0.386. The summed E-state index contributed by atoms with van der Waals surface area (Å²) in [5.41, 5.74) is -1.37. The third-order valence-electron chi connectivity index (χ3n) is 9.24. The SMILES string of the molecule is CO[C@H]1NC(=O)c2cc([N+](=O)[O-])c3c(c21)O[C@@]12C[C@@H](O)C(=O)C(C)(C)[C@@H]1CC[C@H](C)[C@@]2(C)C3. The van der Waals surface area contributed by atoms with Crippen LogP contribution in [0, 0.1) is 32.8 Å². The fraction of sp³-hybridized carbons (Fsp3) is 0.667. The van der Waals surface area contributed by atoms with Crippen molar-refractivity contribution in [3.63, 3.8) is 0 Å². The van der Waals surface area contributed by atoms with Gasteiger partial charge in [0, 0.05) is 36.3 Å². The number of nitro benzene ring substituents is 1. The molecule has 2 aliphatic carbocycles. The van der Waals surface area contributed by atoms with Crippen LogP contribution >= 0.6 is 0 Å². The molecule has 0 aromatic heterocycles. The van der Waals surface area contributed by atoms with E-state index in [-0.39, 0.29) is 35.3 Å². The monoisotopic (exact) mass is 458 g/mol. The van der Waals surface area contributed by atoms with Gasteiger partial charge in [0.15, 0.2) is 12.0 Å². The second-order valence-electron chi connectivity index (χ2n) is 10.9. The average molecular weight is 459 g/mol. The van der Waals surface area contributed by atoms with Crippen LogP contribution in [0.25, 0.3) is 0 Å². The van der Waals surface area contributed by atoms with Crippen molar-refractivity contribution in [2.75, 3.05) is 7.11 Å². The van der Waals surface area contributed by atoms with Crippen molar-refractivity contribution in [3.05, 3.63) is 32.9 Å². The van der Waals surface area contributed by atoms with Crippen LogP contribution in [0.2, 0.25) is 0 Å². The van der Waals surface area contributed by atoms with Crippen molar-refractivity contribution in [1.82, 2.24) is 5.32 Å². The van der Waals surface area contributed by atoms with E-state index in [0.717, 1.165) is 12.8 Å². The Hall–Kier alpha value is -2.52. The number of Topliss-reactive ketones (excluding diaryl/α,β-unsaturated/α-hetero) is 1. The molecule has 9 heteroatoms. The number of benzene rings is 1. The van der Waals surface area contributed by atoms with E-state index >= 15 is 0 Å². The van der Waals surface area contributed by atoms with E-state index in [1.54, 1.807) is 0 Å². The molecule has 2 saturated carbocycles. The van der Waals surface area contributed by atoms with Gasteiger partial charge in [-0.15, -0.1) is 0 Å². The Bertz CT molecular complexity index is 1100. The average Bonchev–Trinajstić information content (AvgIpc) is 3.07. The molecule has 5 rings (SSSR count). The molecule has 33 heavy (non-hydrogen) atoms. The molecule has 4 aliphatic rings. The first-order valence-electron chi connectivity index (χ1n) is 11.5. The molecule has 1 aromatic rings. The molecule has 2 aliphatic heterocycles. The molecule has 178 valence electrons. The second-order valence-corrected chi connectivity index (χ2v) is 10.9. The number of amides is 1. The Morgan fingerprint density at radius 3 is 2.61 bits per heavy atom. The number of carbonyl (C=O) groups excluding carboxylic acids is 2. The van der Waals surface area contributed by atoms with Crippen molar-refractivity contribution >= 4 is 17.4 Å². The minimum atomic E-state index is -1.19. The maximum absolute atomic E-state index is 13.0. The molecule has 9 nitrogen and oxygen atoms in total. The van der Waals surface area contributed by atoms with E-state index in [4.69, 9.17) is 9.47 Å². The van der Waals surface area contributed by atoms with Gasteiger partial charge in [0.1, 0.15) is 17.5 Å². The van der Waals surface area contributed by atoms with Gasteiger partial charge in [-0.05, 0) is 25.2 Å². The van der Waals surface area contributed by atoms with Gasteiger partial charge < -0.3 is 19.9 Å². The number of hydrogen-bond donors (Lipinski definition) is 2. The highest BCUT2D eigenvalue weighted by Gasteiger charge is 2.70. The summed E-state index contributed by atoms with van der Waals surface area (Å²) in [7, 11) is 1.46.